The molecule has 0 heterocycles. The number of rotatable bonds is 3. The normalized spacial score (nSPS) is 13.7. The largest absolute Gasteiger partial charge is 0.422 e. The molecule has 0 unspecified atom stereocenters. The molecule has 0 aliphatic heterocycles. The van der Waals surface area contributed by atoms with E-state index < -0.39 is 177 Å². The van der Waals surface area contributed by atoms with Gasteiger partial charge in [0.05, 0.1) is 39.0 Å². The minimum absolute atomic E-state index is 0.0591. The van der Waals surface area contributed by atoms with Crippen LogP contribution in [-0.4, -0.2) is 0 Å². The van der Waals surface area contributed by atoms with Crippen molar-refractivity contribution in [3.8, 4) is 53.6 Å². The first-order valence-corrected chi connectivity index (χ1v) is 17.6. The summed E-state index contributed by atoms with van der Waals surface area (Å²) in [6.45, 7) is 0. The molecule has 6 rings (SSSR count). The smallest absolute Gasteiger partial charge is 0.206 e. The Kier molecular flexibility index (Phi) is 11.6. The van der Waals surface area contributed by atoms with E-state index in [4.69, 9.17) is 0 Å². The van der Waals surface area contributed by atoms with E-state index in [2.05, 4.69) is 0 Å². The topological polar surface area (TPSA) is 167 Å². The molecule has 0 radical (unpaired) electrons. The molecule has 0 aromatic heterocycles. The average Bonchev–Trinajstić information content (AvgIpc) is 3.75. The van der Waals surface area contributed by atoms with Crippen LogP contribution in [0.5, 0.6) is 0 Å². The molecule has 68 heavy (non-hydrogen) atoms. The molecule has 2 aliphatic carbocycles. The summed E-state index contributed by atoms with van der Waals surface area (Å²) in [7, 11) is 0. The third-order valence-corrected chi connectivity index (χ3v) is 10.1. The zero-order valence-corrected chi connectivity index (χ0v) is 32.2. The Morgan fingerprint density at radius 2 is 0.662 bits per heavy atom. The van der Waals surface area contributed by atoms with Crippen LogP contribution in [0, 0.1) is 91.0 Å². The third kappa shape index (κ3) is 7.86. The van der Waals surface area contributed by atoms with Crippen LogP contribution in [0.2, 0.25) is 0 Å². The second-order valence-electron chi connectivity index (χ2n) is 13.9. The summed E-state index contributed by atoms with van der Waals surface area (Å²) >= 11 is 0. The lowest BCUT2D eigenvalue weighted by atomic mass is 9.79. The number of allylic oxidation sites excluding steroid dienone is 8. The second-order valence-corrected chi connectivity index (χ2v) is 13.9. The lowest BCUT2D eigenvalue weighted by molar-refractivity contribution is -0.144. The van der Waals surface area contributed by atoms with Gasteiger partial charge in [-0.05, 0) is 70.8 Å². The van der Waals surface area contributed by atoms with Crippen molar-refractivity contribution in [1.29, 1.82) is 36.8 Å². The summed E-state index contributed by atoms with van der Waals surface area (Å²) in [5, 5.41) is 73.1. The number of nitriles is 7. The first-order chi connectivity index (χ1) is 31.4. The fourth-order valence-corrected chi connectivity index (χ4v) is 7.66. The molecular weight excluding hydrogens is 949 g/mol. The van der Waals surface area contributed by atoms with Crippen LogP contribution in [0.25, 0.3) is 44.6 Å². The predicted octanol–water partition coefficient (Wildman–Crippen LogP) is 13.1. The first kappa shape index (κ1) is 48.5. The molecule has 24 heteroatoms. The molecule has 0 spiro atoms. The molecule has 0 saturated heterocycles. The fraction of sp³-hybridized carbons (Fsp3) is 0.114. The van der Waals surface area contributed by atoms with E-state index in [0.717, 1.165) is 0 Å². The molecule has 0 fully saturated rings. The Hall–Kier alpha value is -8.92. The van der Waals surface area contributed by atoms with Crippen LogP contribution >= 0.6 is 0 Å². The molecular formula is C44H8F17N7. The Morgan fingerprint density at radius 1 is 0.353 bits per heavy atom. The highest BCUT2D eigenvalue weighted by molar-refractivity contribution is 6.33. The molecule has 4 aromatic rings. The second kappa shape index (κ2) is 16.2. The van der Waals surface area contributed by atoms with Gasteiger partial charge in [-0.1, -0.05) is 0 Å². The number of benzene rings is 4. The quantitative estimate of drug-likeness (QED) is 0.145. The van der Waals surface area contributed by atoms with Gasteiger partial charge in [0.2, 0.25) is 0 Å². The van der Waals surface area contributed by atoms with Crippen molar-refractivity contribution < 1.29 is 74.6 Å². The van der Waals surface area contributed by atoms with Crippen molar-refractivity contribution in [2.75, 3.05) is 0 Å². The molecule has 338 valence electrons. The van der Waals surface area contributed by atoms with E-state index in [1.54, 1.807) is 0 Å². The zero-order valence-electron chi connectivity index (χ0n) is 32.2. The van der Waals surface area contributed by atoms with Crippen LogP contribution in [0.3, 0.4) is 0 Å². The molecule has 0 bridgehead atoms. The summed E-state index contributed by atoms with van der Waals surface area (Å²) in [6, 6.07) is 7.47. The van der Waals surface area contributed by atoms with Gasteiger partial charge in [0.1, 0.15) is 70.8 Å². The van der Waals surface area contributed by atoms with Gasteiger partial charge in [-0.25, -0.2) is 8.78 Å². The summed E-state index contributed by atoms with van der Waals surface area (Å²) < 4.78 is 244. The van der Waals surface area contributed by atoms with Gasteiger partial charge in [0.25, 0.3) is 0 Å². The van der Waals surface area contributed by atoms with Crippen LogP contribution < -0.4 is 0 Å². The van der Waals surface area contributed by atoms with Crippen LogP contribution in [0.1, 0.15) is 66.8 Å². The number of fused-ring (bicyclic) bond motifs is 2. The first-order valence-electron chi connectivity index (χ1n) is 17.6. The van der Waals surface area contributed by atoms with Crippen molar-refractivity contribution >= 4 is 33.4 Å². The maximum absolute atomic E-state index is 15.7. The van der Waals surface area contributed by atoms with Gasteiger partial charge in [-0.3, -0.25) is 0 Å². The average molecular weight is 958 g/mol. The van der Waals surface area contributed by atoms with Crippen LogP contribution in [0.15, 0.2) is 59.7 Å². The van der Waals surface area contributed by atoms with E-state index in [1.807, 2.05) is 0 Å². The summed E-state index contributed by atoms with van der Waals surface area (Å²) in [5.74, 6) is -5.12. The predicted molar refractivity (Wildman–Crippen MR) is 196 cm³/mol. The monoisotopic (exact) mass is 957 g/mol. The maximum Gasteiger partial charge on any atom is 0.422 e. The summed E-state index contributed by atoms with van der Waals surface area (Å²) in [5.41, 5.74) is -33.5. The molecule has 0 N–H and O–H groups in total. The van der Waals surface area contributed by atoms with Crippen molar-refractivity contribution in [3.63, 3.8) is 0 Å². The van der Waals surface area contributed by atoms with Gasteiger partial charge in [0, 0.05) is 44.5 Å². The third-order valence-electron chi connectivity index (χ3n) is 10.1. The summed E-state index contributed by atoms with van der Waals surface area (Å²) in [4.78, 5) is 0. The zero-order chi connectivity index (χ0) is 51.0. The molecule has 0 amide bonds. The van der Waals surface area contributed by atoms with E-state index in [-0.39, 0.29) is 36.4 Å². The van der Waals surface area contributed by atoms with Crippen molar-refractivity contribution in [1.82, 2.24) is 0 Å². The Labute approximate surface area is 367 Å². The molecule has 4 aromatic carbocycles. The van der Waals surface area contributed by atoms with Crippen LogP contribution in [-0.2, 0) is 30.9 Å². The van der Waals surface area contributed by atoms with E-state index in [1.165, 1.54) is 42.5 Å². The van der Waals surface area contributed by atoms with Gasteiger partial charge in [-0.15, -0.1) is 0 Å². The number of nitrogens with zero attached hydrogens (tertiary/aromatic N) is 7. The van der Waals surface area contributed by atoms with E-state index in [0.29, 0.717) is 0 Å². The number of alkyl halides is 15. The highest BCUT2D eigenvalue weighted by Gasteiger charge is 2.47. The summed E-state index contributed by atoms with van der Waals surface area (Å²) in [6.07, 6.45) is -28.6. The van der Waals surface area contributed by atoms with Gasteiger partial charge in [-0.2, -0.15) is 103 Å². The van der Waals surface area contributed by atoms with Crippen molar-refractivity contribution in [2.45, 2.75) is 30.9 Å². The standard InChI is InChI=1S/C44H8F17N7/c45-28-5-18(6-29(46)39(28)44(59,60)61)32-37-33(19(9-62)10-63)30(16-1-21(40(47,48)49)7-22(2-16)41(50,51)52)25(13-66)35(37)27(15-68)36-26(14-67)31(34(38(32)36)20(11-64)12-65)17-3-23(42(53,54)55)8-24(4-17)43(56,57)58/h1-8H. The minimum Gasteiger partial charge on any atom is -0.206 e. The minimum atomic E-state index is -5.88. The highest BCUT2D eigenvalue weighted by atomic mass is 19.4. The van der Waals surface area contributed by atoms with Gasteiger partial charge >= 0.3 is 30.9 Å². The lowest BCUT2D eigenvalue weighted by Crippen LogP contribution is -2.12. The van der Waals surface area contributed by atoms with Crippen LogP contribution in [0.4, 0.5) is 74.6 Å². The van der Waals surface area contributed by atoms with E-state index in [9.17, 15) is 103 Å². The van der Waals surface area contributed by atoms with Crippen molar-refractivity contribution in [3.05, 3.63) is 138 Å². The number of hydrogen-bond acceptors (Lipinski definition) is 7. The SMILES string of the molecule is N#CC(C#N)=C1C(c2cc(C(F)(F)F)cc(C(F)(F)F)c2)=C(C#N)c2c(C#N)c3c(c(-c4cc(F)c(C(F)(F)F)c(F)c4)c21)C(=C(C#N)C#N)C(c1cc(C(F)(F)F)cc(C(F)(F)F)c1)=C3C#N. The van der Waals surface area contributed by atoms with Gasteiger partial charge < -0.3 is 0 Å². The Bertz CT molecular complexity index is 3110. The van der Waals surface area contributed by atoms with Crippen molar-refractivity contribution in [2.24, 2.45) is 0 Å². The van der Waals surface area contributed by atoms with E-state index >= 15 is 8.78 Å². The Morgan fingerprint density at radius 3 is 0.897 bits per heavy atom. The molecule has 0 saturated carbocycles. The number of hydrogen-bond donors (Lipinski definition) is 0. The lowest BCUT2D eigenvalue weighted by Gasteiger charge is -2.22. The highest BCUT2D eigenvalue weighted by Crippen LogP contribution is 2.61. The Balaban J connectivity index is 2.03. The maximum atomic E-state index is 15.7. The molecule has 0 atom stereocenters. The molecule has 7 nitrogen and oxygen atoms in total. The van der Waals surface area contributed by atoms with Gasteiger partial charge in [0.15, 0.2) is 0 Å². The molecule has 2 aliphatic rings. The number of halogens is 17. The fourth-order valence-electron chi connectivity index (χ4n) is 7.66.